The van der Waals surface area contributed by atoms with E-state index in [-0.39, 0.29) is 13.2 Å². The molecule has 14 heteroatoms. The predicted molar refractivity (Wildman–Crippen MR) is 111 cm³/mol. The monoisotopic (exact) mass is 499 g/mol. The Morgan fingerprint density at radius 1 is 0.882 bits per heavy atom. The van der Waals surface area contributed by atoms with Gasteiger partial charge in [-0.1, -0.05) is 0 Å². The molecule has 14 nitrogen and oxygen atoms in total. The second-order valence-electron chi connectivity index (χ2n) is 8.94. The van der Waals surface area contributed by atoms with Gasteiger partial charge in [0.1, 0.15) is 42.7 Å². The molecule has 34 heavy (non-hydrogen) atoms. The number of carbonyl (C=O) groups excluding carboxylic acids is 1. The maximum atomic E-state index is 11.8. The summed E-state index contributed by atoms with van der Waals surface area (Å²) in [5.74, 6) is 0. The fourth-order valence-electron chi connectivity index (χ4n) is 3.37. The number of methoxy groups -OCH3 is 1. The average molecular weight is 500 g/mol. The van der Waals surface area contributed by atoms with Crippen molar-refractivity contribution in [2.45, 2.75) is 94.7 Å². The largest absolute Gasteiger partial charge is 0.439 e. The van der Waals surface area contributed by atoms with Crippen molar-refractivity contribution in [1.82, 2.24) is 5.48 Å². The van der Waals surface area contributed by atoms with Crippen molar-refractivity contribution < 1.29 is 63.6 Å². The molecular formula is C20H37NO13. The molecule has 0 spiro atoms. The summed E-state index contributed by atoms with van der Waals surface area (Å²) >= 11 is 0. The Kier molecular flexibility index (Phi) is 10.8. The van der Waals surface area contributed by atoms with Gasteiger partial charge < -0.3 is 54.0 Å². The van der Waals surface area contributed by atoms with Crippen LogP contribution in [0.2, 0.25) is 0 Å². The normalized spacial score (nSPS) is 39.0. The summed E-state index contributed by atoms with van der Waals surface area (Å²) in [5.41, 5.74) is 1.44. The minimum Gasteiger partial charge on any atom is -0.439 e. The standard InChI is InChI=1S/C20H37NO13/c1-6-31-21-19(27)34-16-12(23)9(32-17(28-5)15(16)26)7-29-18-14(25)13(24)11(22)10(33-18)8-30-20(2,3)4/h9-18,22-26H,6-8H2,1-5H3,(H,21,27)/t9?,10?,11-,12-,13?,14?,15?,16?,17+,18-/m1/s1. The van der Waals surface area contributed by atoms with E-state index < -0.39 is 79.7 Å². The Hall–Kier alpha value is -1.17. The minimum atomic E-state index is -1.62. The molecule has 2 aliphatic rings. The van der Waals surface area contributed by atoms with Gasteiger partial charge in [-0.25, -0.2) is 4.79 Å². The van der Waals surface area contributed by atoms with Crippen molar-refractivity contribution in [2.75, 3.05) is 26.9 Å². The molecule has 10 atom stereocenters. The molecule has 2 saturated heterocycles. The third-order valence-electron chi connectivity index (χ3n) is 5.19. The number of rotatable bonds is 9. The highest BCUT2D eigenvalue weighted by Gasteiger charge is 2.49. The fraction of sp³-hybridized carbons (Fsp3) is 0.950. The molecule has 200 valence electrons. The second kappa shape index (κ2) is 12.7. The molecule has 1 amide bonds. The highest BCUT2D eigenvalue weighted by Crippen LogP contribution is 2.27. The summed E-state index contributed by atoms with van der Waals surface area (Å²) in [7, 11) is 1.24. The molecule has 0 bridgehead atoms. The summed E-state index contributed by atoms with van der Waals surface area (Å²) < 4.78 is 32.3. The van der Waals surface area contributed by atoms with Crippen molar-refractivity contribution in [3.05, 3.63) is 0 Å². The van der Waals surface area contributed by atoms with Crippen LogP contribution in [0.25, 0.3) is 0 Å². The Balaban J connectivity index is 2.03. The molecule has 2 rings (SSSR count). The van der Waals surface area contributed by atoms with Gasteiger partial charge in [-0.15, -0.1) is 0 Å². The van der Waals surface area contributed by atoms with E-state index in [9.17, 15) is 30.3 Å². The van der Waals surface area contributed by atoms with Crippen LogP contribution in [-0.4, -0.2) is 126 Å². The lowest BCUT2D eigenvalue weighted by Gasteiger charge is -2.43. The zero-order valence-corrected chi connectivity index (χ0v) is 19.9. The highest BCUT2D eigenvalue weighted by molar-refractivity contribution is 5.66. The van der Waals surface area contributed by atoms with Gasteiger partial charge in [-0.3, -0.25) is 4.84 Å². The van der Waals surface area contributed by atoms with E-state index in [2.05, 4.69) is 0 Å². The van der Waals surface area contributed by atoms with Crippen LogP contribution in [0.4, 0.5) is 4.79 Å². The summed E-state index contributed by atoms with van der Waals surface area (Å²) in [5, 5.41) is 51.7. The lowest BCUT2D eigenvalue weighted by molar-refractivity contribution is -0.330. The van der Waals surface area contributed by atoms with E-state index in [1.165, 1.54) is 7.11 Å². The van der Waals surface area contributed by atoms with Crippen LogP contribution in [0.3, 0.4) is 0 Å². The molecule has 2 heterocycles. The first-order valence-corrected chi connectivity index (χ1v) is 11.0. The third-order valence-corrected chi connectivity index (χ3v) is 5.19. The third kappa shape index (κ3) is 7.66. The van der Waals surface area contributed by atoms with Crippen molar-refractivity contribution in [2.24, 2.45) is 0 Å². The maximum absolute atomic E-state index is 11.8. The summed E-state index contributed by atoms with van der Waals surface area (Å²) in [6.07, 6.45) is -15.1. The first-order valence-electron chi connectivity index (χ1n) is 11.0. The molecule has 2 aliphatic heterocycles. The van der Waals surface area contributed by atoms with Gasteiger partial charge in [0.2, 0.25) is 0 Å². The van der Waals surface area contributed by atoms with Gasteiger partial charge >= 0.3 is 6.09 Å². The molecular weight excluding hydrogens is 462 g/mol. The number of hydrogen-bond acceptors (Lipinski definition) is 13. The molecule has 0 aliphatic carbocycles. The van der Waals surface area contributed by atoms with Crippen LogP contribution in [0.15, 0.2) is 0 Å². The van der Waals surface area contributed by atoms with Crippen LogP contribution in [0.1, 0.15) is 27.7 Å². The number of carbonyl (C=O) groups is 1. The predicted octanol–water partition coefficient (Wildman–Crippen LogP) is -2.23. The number of aliphatic hydroxyl groups is 5. The molecule has 0 radical (unpaired) electrons. The van der Waals surface area contributed by atoms with E-state index in [1.54, 1.807) is 27.7 Å². The molecule has 6 N–H and O–H groups in total. The molecule has 6 unspecified atom stereocenters. The first kappa shape index (κ1) is 29.1. The van der Waals surface area contributed by atoms with Gasteiger partial charge in [0.05, 0.1) is 25.4 Å². The Labute approximate surface area is 197 Å². The van der Waals surface area contributed by atoms with E-state index in [0.717, 1.165) is 0 Å². The van der Waals surface area contributed by atoms with E-state index in [0.29, 0.717) is 0 Å². The maximum Gasteiger partial charge on any atom is 0.431 e. The van der Waals surface area contributed by atoms with E-state index >= 15 is 0 Å². The zero-order valence-electron chi connectivity index (χ0n) is 19.9. The van der Waals surface area contributed by atoms with Crippen LogP contribution in [0, 0.1) is 0 Å². The fourth-order valence-corrected chi connectivity index (χ4v) is 3.37. The van der Waals surface area contributed by atoms with E-state index in [1.807, 2.05) is 5.48 Å². The van der Waals surface area contributed by atoms with Crippen molar-refractivity contribution >= 4 is 6.09 Å². The van der Waals surface area contributed by atoms with Crippen LogP contribution in [-0.2, 0) is 33.3 Å². The van der Waals surface area contributed by atoms with Crippen molar-refractivity contribution in [3.8, 4) is 0 Å². The van der Waals surface area contributed by atoms with Crippen LogP contribution >= 0.6 is 0 Å². The van der Waals surface area contributed by atoms with E-state index in [4.69, 9.17) is 33.3 Å². The zero-order chi connectivity index (χ0) is 25.6. The molecule has 0 aromatic heterocycles. The van der Waals surface area contributed by atoms with Gasteiger partial charge in [-0.2, -0.15) is 5.48 Å². The van der Waals surface area contributed by atoms with Crippen LogP contribution < -0.4 is 5.48 Å². The molecule has 0 aromatic carbocycles. The number of hydroxylamine groups is 1. The smallest absolute Gasteiger partial charge is 0.431 e. The highest BCUT2D eigenvalue weighted by atomic mass is 16.7. The lowest BCUT2D eigenvalue weighted by Crippen LogP contribution is -2.62. The Bertz CT molecular complexity index is 632. The number of hydrogen-bond donors (Lipinski definition) is 6. The van der Waals surface area contributed by atoms with Gasteiger partial charge in [0.15, 0.2) is 18.7 Å². The quantitative estimate of drug-likeness (QED) is 0.187. The molecule has 0 aromatic rings. The van der Waals surface area contributed by atoms with Gasteiger partial charge in [0, 0.05) is 7.11 Å². The summed E-state index contributed by atoms with van der Waals surface area (Å²) in [4.78, 5) is 16.6. The Morgan fingerprint density at radius 2 is 1.50 bits per heavy atom. The first-order chi connectivity index (χ1) is 15.9. The second-order valence-corrected chi connectivity index (χ2v) is 8.94. The van der Waals surface area contributed by atoms with Gasteiger partial charge in [0.25, 0.3) is 0 Å². The lowest BCUT2D eigenvalue weighted by atomic mass is 9.98. The topological polar surface area (TPSA) is 195 Å². The minimum absolute atomic E-state index is 0.0837. The number of nitrogens with one attached hydrogen (secondary N) is 1. The van der Waals surface area contributed by atoms with Crippen molar-refractivity contribution in [1.29, 1.82) is 0 Å². The Morgan fingerprint density at radius 3 is 2.09 bits per heavy atom. The average Bonchev–Trinajstić information content (AvgIpc) is 2.78. The van der Waals surface area contributed by atoms with Gasteiger partial charge in [-0.05, 0) is 27.7 Å². The summed E-state index contributed by atoms with van der Waals surface area (Å²) in [6, 6.07) is 0. The number of aliphatic hydroxyl groups excluding tert-OH is 5. The molecule has 2 fully saturated rings. The number of amides is 1. The summed E-state index contributed by atoms with van der Waals surface area (Å²) in [6.45, 7) is 6.70. The number of ether oxygens (including phenoxy) is 6. The molecule has 0 saturated carbocycles. The SMILES string of the molecule is CCONC(=O)OC1C(O)[C@@H](OC)OC(CO[C@@H]2OC(COC(C)(C)C)[C@@H](O)C(O)C2O)[C@H]1O. The van der Waals surface area contributed by atoms with Crippen LogP contribution in [0.5, 0.6) is 0 Å². The van der Waals surface area contributed by atoms with Crippen molar-refractivity contribution in [3.63, 3.8) is 0 Å².